The third-order valence-corrected chi connectivity index (χ3v) is 2.00. The van der Waals surface area contributed by atoms with Crippen LogP contribution in [-0.2, 0) is 19.2 Å². The molecule has 0 bridgehead atoms. The van der Waals surface area contributed by atoms with Crippen LogP contribution in [0.25, 0.3) is 0 Å². The fraction of sp³-hybridized carbons (Fsp3) is 0.467. The van der Waals surface area contributed by atoms with Gasteiger partial charge in [-0.25, -0.2) is 9.59 Å². The van der Waals surface area contributed by atoms with Crippen molar-refractivity contribution in [1.82, 2.24) is 0 Å². The van der Waals surface area contributed by atoms with E-state index in [4.69, 9.17) is 20.4 Å². The summed E-state index contributed by atoms with van der Waals surface area (Å²) >= 11 is 0. The van der Waals surface area contributed by atoms with Crippen LogP contribution in [0.1, 0.15) is 47.0 Å². The fourth-order valence-corrected chi connectivity index (χ4v) is 0.916. The third kappa shape index (κ3) is 24.7. The van der Waals surface area contributed by atoms with E-state index in [2.05, 4.69) is 0 Å². The molecule has 0 aromatic heterocycles. The number of carboxylic acids is 4. The first-order chi connectivity index (χ1) is 10.5. The lowest BCUT2D eigenvalue weighted by Crippen LogP contribution is -2.03. The first kappa shape index (κ1) is 25.3. The average molecular weight is 332 g/mol. The van der Waals surface area contributed by atoms with E-state index in [1.165, 1.54) is 0 Å². The molecule has 132 valence electrons. The van der Waals surface area contributed by atoms with E-state index in [1.54, 1.807) is 26.0 Å². The quantitative estimate of drug-likeness (QED) is 0.428. The molecule has 8 heteroatoms. The van der Waals surface area contributed by atoms with Gasteiger partial charge in [0, 0.05) is 11.1 Å². The Balaban J connectivity index is -0.000000262. The number of aliphatic carboxylic acids is 4. The highest BCUT2D eigenvalue weighted by Gasteiger charge is 2.01. The number of carbonyl (C=O) groups is 4. The van der Waals surface area contributed by atoms with E-state index >= 15 is 0 Å². The SMILES string of the molecule is CCC=C(C)C(=O)O.CCC=C(C)C(=O)O.O=C(O)CC(=O)O. The van der Waals surface area contributed by atoms with Crippen molar-refractivity contribution in [2.24, 2.45) is 0 Å². The van der Waals surface area contributed by atoms with Gasteiger partial charge in [0.1, 0.15) is 6.42 Å². The molecule has 23 heavy (non-hydrogen) atoms. The van der Waals surface area contributed by atoms with Crippen molar-refractivity contribution in [1.29, 1.82) is 0 Å². The summed E-state index contributed by atoms with van der Waals surface area (Å²) in [7, 11) is 0. The zero-order chi connectivity index (χ0) is 19.0. The molecule has 0 aromatic carbocycles. The van der Waals surface area contributed by atoms with Gasteiger partial charge in [0.15, 0.2) is 0 Å². The first-order valence-corrected chi connectivity index (χ1v) is 6.73. The highest BCUT2D eigenvalue weighted by atomic mass is 16.4. The molecule has 0 saturated heterocycles. The Hall–Kier alpha value is -2.64. The topological polar surface area (TPSA) is 149 Å². The Morgan fingerprint density at radius 2 is 0.957 bits per heavy atom. The minimum absolute atomic E-state index is 0.424. The van der Waals surface area contributed by atoms with E-state index in [0.29, 0.717) is 11.1 Å². The molecule has 0 atom stereocenters. The summed E-state index contributed by atoms with van der Waals surface area (Å²) in [6.07, 6.45) is 4.14. The Morgan fingerprint density at radius 1 is 0.696 bits per heavy atom. The molecule has 0 rings (SSSR count). The highest BCUT2D eigenvalue weighted by Crippen LogP contribution is 1.93. The molecule has 0 heterocycles. The molecular weight excluding hydrogens is 308 g/mol. The Bertz CT molecular complexity index is 418. The molecule has 4 N–H and O–H groups in total. The van der Waals surface area contributed by atoms with Crippen LogP contribution >= 0.6 is 0 Å². The average Bonchev–Trinajstić information content (AvgIpc) is 2.38. The molecular formula is C15H24O8. The van der Waals surface area contributed by atoms with Crippen LogP contribution in [0.4, 0.5) is 0 Å². The van der Waals surface area contributed by atoms with E-state index in [9.17, 15) is 19.2 Å². The van der Waals surface area contributed by atoms with Gasteiger partial charge < -0.3 is 20.4 Å². The molecule has 0 radical (unpaired) electrons. The van der Waals surface area contributed by atoms with Crippen LogP contribution in [0.2, 0.25) is 0 Å². The zero-order valence-electron chi connectivity index (χ0n) is 13.7. The molecule has 0 amide bonds. The number of allylic oxidation sites excluding steroid dienone is 2. The lowest BCUT2D eigenvalue weighted by Gasteiger charge is -1.87. The Labute approximate surface area is 134 Å². The standard InChI is InChI=1S/2C6H10O2.C3H4O4/c2*1-3-4-5(2)6(7)8;4-2(5)1-3(6)7/h2*4H,3H2,1-2H3,(H,7,8);1H2,(H,4,5)(H,6,7). The van der Waals surface area contributed by atoms with E-state index in [0.717, 1.165) is 12.8 Å². The van der Waals surface area contributed by atoms with Gasteiger partial charge in [-0.1, -0.05) is 26.0 Å². The van der Waals surface area contributed by atoms with Gasteiger partial charge >= 0.3 is 23.9 Å². The second kappa shape index (κ2) is 15.7. The second-order valence-electron chi connectivity index (χ2n) is 4.17. The number of carboxylic acid groups (broad SMARTS) is 4. The second-order valence-corrected chi connectivity index (χ2v) is 4.17. The summed E-state index contributed by atoms with van der Waals surface area (Å²) in [6.45, 7) is 7.00. The smallest absolute Gasteiger partial charge is 0.330 e. The normalized spacial score (nSPS) is 10.4. The summed E-state index contributed by atoms with van der Waals surface area (Å²) in [5.74, 6) is -4.28. The van der Waals surface area contributed by atoms with Gasteiger partial charge in [0.2, 0.25) is 0 Å². The van der Waals surface area contributed by atoms with Gasteiger partial charge in [-0.3, -0.25) is 9.59 Å². The maximum atomic E-state index is 10.0. The number of hydrogen-bond donors (Lipinski definition) is 4. The van der Waals surface area contributed by atoms with E-state index < -0.39 is 30.3 Å². The maximum absolute atomic E-state index is 10.0. The number of hydrogen-bond acceptors (Lipinski definition) is 4. The summed E-state index contributed by atoms with van der Waals surface area (Å²) in [5, 5.41) is 31.9. The highest BCUT2D eigenvalue weighted by molar-refractivity contribution is 5.88. The maximum Gasteiger partial charge on any atom is 0.330 e. The summed E-state index contributed by atoms with van der Waals surface area (Å²) in [6, 6.07) is 0. The molecule has 0 saturated carbocycles. The number of rotatable bonds is 6. The van der Waals surface area contributed by atoms with Crippen molar-refractivity contribution in [2.45, 2.75) is 47.0 Å². The Kier molecular flexibility index (Phi) is 17.3. The molecule has 0 spiro atoms. The molecule has 0 aliphatic heterocycles. The molecule has 0 aromatic rings. The van der Waals surface area contributed by atoms with E-state index in [1.807, 2.05) is 13.8 Å². The summed E-state index contributed by atoms with van der Waals surface area (Å²) < 4.78 is 0. The minimum Gasteiger partial charge on any atom is -0.481 e. The van der Waals surface area contributed by atoms with Gasteiger partial charge in [-0.15, -0.1) is 0 Å². The van der Waals surface area contributed by atoms with Crippen LogP contribution in [-0.4, -0.2) is 44.3 Å². The molecule has 0 aliphatic rings. The van der Waals surface area contributed by atoms with Crippen molar-refractivity contribution < 1.29 is 39.6 Å². The van der Waals surface area contributed by atoms with Crippen LogP contribution in [0.3, 0.4) is 0 Å². The van der Waals surface area contributed by atoms with Crippen LogP contribution < -0.4 is 0 Å². The monoisotopic (exact) mass is 332 g/mol. The lowest BCUT2D eigenvalue weighted by molar-refractivity contribution is -0.147. The van der Waals surface area contributed by atoms with Crippen molar-refractivity contribution in [3.05, 3.63) is 23.3 Å². The minimum atomic E-state index is -1.31. The summed E-state index contributed by atoms with van der Waals surface area (Å²) in [5.41, 5.74) is 0.847. The summed E-state index contributed by atoms with van der Waals surface area (Å²) in [4.78, 5) is 38.9. The van der Waals surface area contributed by atoms with Gasteiger partial charge in [0.25, 0.3) is 0 Å². The van der Waals surface area contributed by atoms with Gasteiger partial charge in [0.05, 0.1) is 0 Å². The van der Waals surface area contributed by atoms with Crippen LogP contribution in [0, 0.1) is 0 Å². The molecule has 0 unspecified atom stereocenters. The van der Waals surface area contributed by atoms with Gasteiger partial charge in [-0.05, 0) is 26.7 Å². The van der Waals surface area contributed by atoms with Crippen LogP contribution in [0.5, 0.6) is 0 Å². The Morgan fingerprint density at radius 3 is 1.00 bits per heavy atom. The lowest BCUT2D eigenvalue weighted by atomic mass is 10.2. The van der Waals surface area contributed by atoms with Crippen molar-refractivity contribution >= 4 is 23.9 Å². The van der Waals surface area contributed by atoms with Crippen LogP contribution in [0.15, 0.2) is 23.3 Å². The predicted molar refractivity (Wildman–Crippen MR) is 83.3 cm³/mol. The molecule has 8 nitrogen and oxygen atoms in total. The fourth-order valence-electron chi connectivity index (χ4n) is 0.916. The van der Waals surface area contributed by atoms with Crippen molar-refractivity contribution in [3.63, 3.8) is 0 Å². The van der Waals surface area contributed by atoms with Crippen molar-refractivity contribution in [3.8, 4) is 0 Å². The largest absolute Gasteiger partial charge is 0.481 e. The molecule has 0 aliphatic carbocycles. The third-order valence-electron chi connectivity index (χ3n) is 2.00. The van der Waals surface area contributed by atoms with E-state index in [-0.39, 0.29) is 0 Å². The van der Waals surface area contributed by atoms with Crippen molar-refractivity contribution in [2.75, 3.05) is 0 Å². The molecule has 0 fully saturated rings. The zero-order valence-corrected chi connectivity index (χ0v) is 13.7. The first-order valence-electron chi connectivity index (χ1n) is 6.73. The predicted octanol–water partition coefficient (Wildman–Crippen LogP) is 2.40. The van der Waals surface area contributed by atoms with Gasteiger partial charge in [-0.2, -0.15) is 0 Å².